The Labute approximate surface area is 164 Å². The number of aryl methyl sites for hydroxylation is 2. The van der Waals surface area contributed by atoms with Crippen LogP contribution in [0.4, 0.5) is 5.69 Å². The van der Waals surface area contributed by atoms with Crippen molar-refractivity contribution in [1.82, 2.24) is 3.97 Å². The number of rotatable bonds is 4. The number of para-hydroxylation sites is 1. The third-order valence-corrected chi connectivity index (χ3v) is 6.40. The average molecular weight is 388 g/mol. The first-order valence-electron chi connectivity index (χ1n) is 8.99. The summed E-state index contributed by atoms with van der Waals surface area (Å²) in [5.41, 5.74) is 4.47. The van der Waals surface area contributed by atoms with Gasteiger partial charge in [-0.15, -0.1) is 0 Å². The van der Waals surface area contributed by atoms with Crippen LogP contribution in [0.15, 0.2) is 88.9 Å². The first kappa shape index (κ1) is 18.2. The summed E-state index contributed by atoms with van der Waals surface area (Å²) in [7, 11) is -3.69. The highest BCUT2D eigenvalue weighted by molar-refractivity contribution is 7.90. The van der Waals surface area contributed by atoms with E-state index in [4.69, 9.17) is 0 Å². The lowest BCUT2D eigenvalue weighted by Gasteiger charge is -2.07. The van der Waals surface area contributed by atoms with Crippen LogP contribution in [0.3, 0.4) is 0 Å². The largest absolute Gasteiger partial charge is 0.268 e. The molecule has 0 amide bonds. The summed E-state index contributed by atoms with van der Waals surface area (Å²) in [5, 5.41) is 0.844. The standard InChI is InChI=1S/C23H20N2O2S/c1-17-12-13-18(2)22(14-17)24-15-19-16-25(23-11-7-6-10-21(19)23)28(26,27)20-8-4-3-5-9-20/h3-16H,1-2H3. The SMILES string of the molecule is Cc1ccc(C)c(N=Cc2cn(S(=O)(=O)c3ccccc3)c3ccccc23)c1. The molecule has 0 unspecified atom stereocenters. The molecule has 0 radical (unpaired) electrons. The van der Waals surface area contributed by atoms with Crippen LogP contribution in [-0.2, 0) is 10.0 Å². The monoisotopic (exact) mass is 388 g/mol. The molecule has 0 aliphatic rings. The van der Waals surface area contributed by atoms with E-state index in [0.717, 1.165) is 27.8 Å². The lowest BCUT2D eigenvalue weighted by Crippen LogP contribution is -2.11. The van der Waals surface area contributed by atoms with Crippen LogP contribution in [0.25, 0.3) is 10.9 Å². The molecule has 5 heteroatoms. The number of nitrogens with zero attached hydrogens (tertiary/aromatic N) is 2. The fourth-order valence-electron chi connectivity index (χ4n) is 3.18. The minimum Gasteiger partial charge on any atom is -0.256 e. The molecule has 4 nitrogen and oxygen atoms in total. The summed E-state index contributed by atoms with van der Waals surface area (Å²) in [6.45, 7) is 4.03. The average Bonchev–Trinajstić information content (AvgIpc) is 3.09. The van der Waals surface area contributed by atoms with Gasteiger partial charge < -0.3 is 0 Å². The van der Waals surface area contributed by atoms with E-state index in [1.54, 1.807) is 42.7 Å². The molecule has 0 saturated carbocycles. The maximum atomic E-state index is 13.2. The molecular formula is C23H20N2O2S. The van der Waals surface area contributed by atoms with Gasteiger partial charge in [-0.25, -0.2) is 12.4 Å². The minimum absolute atomic E-state index is 0.258. The van der Waals surface area contributed by atoms with Crippen molar-refractivity contribution in [3.05, 3.63) is 95.7 Å². The van der Waals surface area contributed by atoms with Crippen molar-refractivity contribution < 1.29 is 8.42 Å². The van der Waals surface area contributed by atoms with Crippen LogP contribution >= 0.6 is 0 Å². The zero-order valence-electron chi connectivity index (χ0n) is 15.7. The molecule has 0 N–H and O–H groups in total. The van der Waals surface area contributed by atoms with E-state index >= 15 is 0 Å². The molecule has 1 heterocycles. The van der Waals surface area contributed by atoms with E-state index in [1.165, 1.54) is 3.97 Å². The first-order valence-corrected chi connectivity index (χ1v) is 10.4. The van der Waals surface area contributed by atoms with Crippen molar-refractivity contribution in [3.8, 4) is 0 Å². The summed E-state index contributed by atoms with van der Waals surface area (Å²) < 4.78 is 27.6. The van der Waals surface area contributed by atoms with E-state index in [0.29, 0.717) is 5.52 Å². The molecular weight excluding hydrogens is 368 g/mol. The molecule has 4 rings (SSSR count). The highest BCUT2D eigenvalue weighted by Gasteiger charge is 2.20. The van der Waals surface area contributed by atoms with E-state index in [9.17, 15) is 8.42 Å². The Balaban J connectivity index is 1.86. The number of aliphatic imine (C=N–C) groups is 1. The van der Waals surface area contributed by atoms with Gasteiger partial charge in [-0.2, -0.15) is 0 Å². The van der Waals surface area contributed by atoms with E-state index in [-0.39, 0.29) is 4.90 Å². The normalized spacial score (nSPS) is 12.1. The van der Waals surface area contributed by atoms with Crippen molar-refractivity contribution >= 4 is 32.8 Å². The number of hydrogen-bond donors (Lipinski definition) is 0. The van der Waals surface area contributed by atoms with E-state index < -0.39 is 10.0 Å². The Morgan fingerprint density at radius 3 is 2.39 bits per heavy atom. The third kappa shape index (κ3) is 3.25. The second-order valence-electron chi connectivity index (χ2n) is 6.76. The lowest BCUT2D eigenvalue weighted by molar-refractivity contribution is 0.589. The van der Waals surface area contributed by atoms with Gasteiger partial charge >= 0.3 is 0 Å². The van der Waals surface area contributed by atoms with Crippen molar-refractivity contribution in [1.29, 1.82) is 0 Å². The lowest BCUT2D eigenvalue weighted by atomic mass is 10.1. The summed E-state index contributed by atoms with van der Waals surface area (Å²) in [4.78, 5) is 4.88. The first-order chi connectivity index (χ1) is 13.5. The maximum Gasteiger partial charge on any atom is 0.268 e. The van der Waals surface area contributed by atoms with Gasteiger partial charge in [0.25, 0.3) is 10.0 Å². The van der Waals surface area contributed by atoms with Crippen LogP contribution < -0.4 is 0 Å². The smallest absolute Gasteiger partial charge is 0.256 e. The van der Waals surface area contributed by atoms with Gasteiger partial charge in [-0.1, -0.05) is 48.5 Å². The van der Waals surface area contributed by atoms with Gasteiger partial charge in [0, 0.05) is 23.4 Å². The van der Waals surface area contributed by atoms with E-state index in [2.05, 4.69) is 4.99 Å². The molecule has 4 aromatic rings. The zero-order valence-corrected chi connectivity index (χ0v) is 16.5. The second-order valence-corrected chi connectivity index (χ2v) is 8.58. The zero-order chi connectivity index (χ0) is 19.7. The number of aromatic nitrogens is 1. The van der Waals surface area contributed by atoms with Crippen molar-refractivity contribution in [2.45, 2.75) is 18.7 Å². The topological polar surface area (TPSA) is 51.4 Å². The molecule has 1 aromatic heterocycles. The predicted octanol–water partition coefficient (Wildman–Crippen LogP) is 5.25. The Morgan fingerprint density at radius 1 is 0.893 bits per heavy atom. The summed E-state index contributed by atoms with van der Waals surface area (Å²) in [5.74, 6) is 0. The Bertz CT molecular complexity index is 1290. The van der Waals surface area contributed by atoms with Gasteiger partial charge in [0.15, 0.2) is 0 Å². The van der Waals surface area contributed by atoms with Gasteiger partial charge in [-0.05, 0) is 49.2 Å². The van der Waals surface area contributed by atoms with Gasteiger partial charge in [0.05, 0.1) is 16.1 Å². The van der Waals surface area contributed by atoms with Crippen LogP contribution in [0.5, 0.6) is 0 Å². The maximum absolute atomic E-state index is 13.2. The molecule has 140 valence electrons. The minimum atomic E-state index is -3.69. The second kappa shape index (κ2) is 7.09. The molecule has 0 bridgehead atoms. The molecule has 0 saturated heterocycles. The van der Waals surface area contributed by atoms with Gasteiger partial charge in [0.2, 0.25) is 0 Å². The molecule has 0 fully saturated rings. The van der Waals surface area contributed by atoms with Crippen molar-refractivity contribution in [2.75, 3.05) is 0 Å². The molecule has 0 aliphatic heterocycles. The Hall–Kier alpha value is -3.18. The van der Waals surface area contributed by atoms with E-state index in [1.807, 2.05) is 56.3 Å². The Kier molecular flexibility index (Phi) is 4.61. The molecule has 0 spiro atoms. The quantitative estimate of drug-likeness (QED) is 0.449. The summed E-state index contributed by atoms with van der Waals surface area (Å²) >= 11 is 0. The van der Waals surface area contributed by atoms with Crippen LogP contribution in [-0.4, -0.2) is 18.6 Å². The fraction of sp³-hybridized carbons (Fsp3) is 0.0870. The molecule has 3 aromatic carbocycles. The van der Waals surface area contributed by atoms with Crippen molar-refractivity contribution in [3.63, 3.8) is 0 Å². The Morgan fingerprint density at radius 2 is 1.61 bits per heavy atom. The van der Waals surface area contributed by atoms with Gasteiger partial charge in [0.1, 0.15) is 0 Å². The molecule has 28 heavy (non-hydrogen) atoms. The van der Waals surface area contributed by atoms with Crippen LogP contribution in [0, 0.1) is 13.8 Å². The van der Waals surface area contributed by atoms with Crippen LogP contribution in [0.2, 0.25) is 0 Å². The molecule has 0 atom stereocenters. The predicted molar refractivity (Wildman–Crippen MR) is 114 cm³/mol. The third-order valence-electron chi connectivity index (χ3n) is 4.72. The molecule has 0 aliphatic carbocycles. The highest BCUT2D eigenvalue weighted by atomic mass is 32.2. The highest BCUT2D eigenvalue weighted by Crippen LogP contribution is 2.26. The number of benzene rings is 3. The number of fused-ring (bicyclic) bond motifs is 1. The van der Waals surface area contributed by atoms with Gasteiger partial charge in [-0.3, -0.25) is 4.99 Å². The van der Waals surface area contributed by atoms with Crippen LogP contribution in [0.1, 0.15) is 16.7 Å². The number of hydrogen-bond acceptors (Lipinski definition) is 3. The van der Waals surface area contributed by atoms with Crippen molar-refractivity contribution in [2.24, 2.45) is 4.99 Å². The summed E-state index contributed by atoms with van der Waals surface area (Å²) in [6.07, 6.45) is 3.38. The summed E-state index contributed by atoms with van der Waals surface area (Å²) in [6, 6.07) is 22.0. The fourth-order valence-corrected chi connectivity index (χ4v) is 4.58.